The van der Waals surface area contributed by atoms with E-state index in [0.717, 1.165) is 16.7 Å². The summed E-state index contributed by atoms with van der Waals surface area (Å²) in [5.74, 6) is -0.105. The van der Waals surface area contributed by atoms with Crippen molar-refractivity contribution in [2.75, 3.05) is 11.1 Å². The fourth-order valence-corrected chi connectivity index (χ4v) is 2.16. The molecule has 4 heteroatoms. The molecule has 0 aliphatic heterocycles. The maximum Gasteiger partial charge on any atom is 0.228 e. The topological polar surface area (TPSA) is 55.1 Å². The molecule has 3 N–H and O–H groups in total. The minimum absolute atomic E-state index is 0.105. The molecule has 3 nitrogen and oxygen atoms in total. The van der Waals surface area contributed by atoms with Crippen molar-refractivity contribution >= 4 is 28.9 Å². The Balaban J connectivity index is 2.13. The highest BCUT2D eigenvalue weighted by Crippen LogP contribution is 2.24. The third-order valence-electron chi connectivity index (χ3n) is 3.12. The zero-order chi connectivity index (χ0) is 14.7. The number of amides is 1. The lowest BCUT2D eigenvalue weighted by Gasteiger charge is -2.10. The number of anilines is 2. The Kier molecular flexibility index (Phi) is 4.30. The fraction of sp³-hybridized carbons (Fsp3) is 0.188. The third kappa shape index (κ3) is 3.52. The second kappa shape index (κ2) is 5.97. The van der Waals surface area contributed by atoms with Crippen LogP contribution in [0.2, 0.25) is 5.02 Å². The molecule has 0 bridgehead atoms. The molecule has 0 aliphatic carbocycles. The molecule has 0 spiro atoms. The molecule has 0 aliphatic rings. The molecule has 20 heavy (non-hydrogen) atoms. The minimum atomic E-state index is -0.105. The van der Waals surface area contributed by atoms with Gasteiger partial charge in [0, 0.05) is 5.69 Å². The monoisotopic (exact) mass is 288 g/mol. The first-order valence-corrected chi connectivity index (χ1v) is 6.74. The number of hydrogen-bond donors (Lipinski definition) is 2. The Hall–Kier alpha value is -2.00. The van der Waals surface area contributed by atoms with E-state index in [9.17, 15) is 4.79 Å². The van der Waals surface area contributed by atoms with Crippen LogP contribution in [0.15, 0.2) is 36.4 Å². The molecule has 0 saturated carbocycles. The van der Waals surface area contributed by atoms with E-state index in [2.05, 4.69) is 5.32 Å². The fourth-order valence-electron chi connectivity index (χ4n) is 2.00. The maximum absolute atomic E-state index is 12.1. The zero-order valence-electron chi connectivity index (χ0n) is 11.5. The van der Waals surface area contributed by atoms with E-state index in [1.807, 2.05) is 32.0 Å². The summed E-state index contributed by atoms with van der Waals surface area (Å²) < 4.78 is 0. The van der Waals surface area contributed by atoms with E-state index >= 15 is 0 Å². The molecule has 104 valence electrons. The van der Waals surface area contributed by atoms with Crippen LogP contribution in [-0.2, 0) is 11.2 Å². The van der Waals surface area contributed by atoms with Gasteiger partial charge in [-0.1, -0.05) is 35.4 Å². The molecular formula is C16H17ClN2O. The molecule has 2 rings (SSSR count). The van der Waals surface area contributed by atoms with E-state index < -0.39 is 0 Å². The minimum Gasteiger partial charge on any atom is -0.399 e. The Bertz CT molecular complexity index is 597. The maximum atomic E-state index is 12.1. The van der Waals surface area contributed by atoms with E-state index in [0.29, 0.717) is 22.8 Å². The second-order valence-electron chi connectivity index (χ2n) is 4.89. The Morgan fingerprint density at radius 3 is 2.70 bits per heavy atom. The summed E-state index contributed by atoms with van der Waals surface area (Å²) in [5.41, 5.74) is 10.1. The summed E-state index contributed by atoms with van der Waals surface area (Å²) in [5, 5.41) is 3.28. The number of rotatable bonds is 3. The highest BCUT2D eigenvalue weighted by Gasteiger charge is 2.09. The van der Waals surface area contributed by atoms with E-state index in [4.69, 9.17) is 17.3 Å². The van der Waals surface area contributed by atoms with Gasteiger partial charge in [-0.2, -0.15) is 0 Å². The number of carbonyl (C=O) groups excluding carboxylic acids is 1. The lowest BCUT2D eigenvalue weighted by molar-refractivity contribution is -0.115. The van der Waals surface area contributed by atoms with Crippen molar-refractivity contribution in [2.45, 2.75) is 20.3 Å². The molecular weight excluding hydrogens is 272 g/mol. The molecule has 0 fully saturated rings. The standard InChI is InChI=1S/C16H17ClN2O/c1-10-3-4-11(2)12(7-10)8-16(20)19-15-9-13(18)5-6-14(15)17/h3-7,9H,8,18H2,1-2H3,(H,19,20). The van der Waals surface area contributed by atoms with Crippen molar-refractivity contribution in [3.8, 4) is 0 Å². The lowest BCUT2D eigenvalue weighted by atomic mass is 10.0. The van der Waals surface area contributed by atoms with E-state index in [1.165, 1.54) is 0 Å². The van der Waals surface area contributed by atoms with Crippen LogP contribution < -0.4 is 11.1 Å². The molecule has 0 radical (unpaired) electrons. The summed E-state index contributed by atoms with van der Waals surface area (Å²) in [6, 6.07) is 11.1. The van der Waals surface area contributed by atoms with Crippen LogP contribution in [0.1, 0.15) is 16.7 Å². The number of nitrogens with two attached hydrogens (primary N) is 1. The van der Waals surface area contributed by atoms with Gasteiger partial charge in [0.1, 0.15) is 0 Å². The zero-order valence-corrected chi connectivity index (χ0v) is 12.3. The number of halogens is 1. The van der Waals surface area contributed by atoms with Gasteiger partial charge in [-0.05, 0) is 43.2 Å². The van der Waals surface area contributed by atoms with Crippen LogP contribution in [0.5, 0.6) is 0 Å². The molecule has 2 aromatic carbocycles. The number of aryl methyl sites for hydroxylation is 2. The van der Waals surface area contributed by atoms with Gasteiger partial charge in [-0.25, -0.2) is 0 Å². The number of benzene rings is 2. The van der Waals surface area contributed by atoms with Crippen molar-refractivity contribution in [3.63, 3.8) is 0 Å². The van der Waals surface area contributed by atoms with Gasteiger partial charge in [0.05, 0.1) is 17.1 Å². The predicted molar refractivity (Wildman–Crippen MR) is 84.1 cm³/mol. The molecule has 0 aromatic heterocycles. The number of nitrogens with one attached hydrogen (secondary N) is 1. The van der Waals surface area contributed by atoms with Crippen molar-refractivity contribution in [2.24, 2.45) is 0 Å². The predicted octanol–water partition coefficient (Wildman–Crippen LogP) is 3.72. The SMILES string of the molecule is Cc1ccc(C)c(CC(=O)Nc2cc(N)ccc2Cl)c1. The first-order valence-electron chi connectivity index (χ1n) is 6.36. The average molecular weight is 289 g/mol. The molecule has 0 saturated heterocycles. The van der Waals surface area contributed by atoms with Gasteiger partial charge >= 0.3 is 0 Å². The Morgan fingerprint density at radius 1 is 1.20 bits per heavy atom. The van der Waals surface area contributed by atoms with Crippen molar-refractivity contribution in [1.29, 1.82) is 0 Å². The van der Waals surface area contributed by atoms with Gasteiger partial charge in [0.15, 0.2) is 0 Å². The van der Waals surface area contributed by atoms with Gasteiger partial charge in [0.25, 0.3) is 0 Å². The van der Waals surface area contributed by atoms with Gasteiger partial charge in [-0.3, -0.25) is 4.79 Å². The summed E-state index contributed by atoms with van der Waals surface area (Å²) >= 11 is 6.03. The van der Waals surface area contributed by atoms with Gasteiger partial charge < -0.3 is 11.1 Å². The third-order valence-corrected chi connectivity index (χ3v) is 3.45. The summed E-state index contributed by atoms with van der Waals surface area (Å²) in [4.78, 5) is 12.1. The lowest BCUT2D eigenvalue weighted by Crippen LogP contribution is -2.15. The van der Waals surface area contributed by atoms with E-state index in [-0.39, 0.29) is 5.91 Å². The van der Waals surface area contributed by atoms with Crippen molar-refractivity contribution in [3.05, 3.63) is 58.1 Å². The smallest absolute Gasteiger partial charge is 0.228 e. The average Bonchev–Trinajstić information content (AvgIpc) is 2.38. The molecule has 0 heterocycles. The van der Waals surface area contributed by atoms with Gasteiger partial charge in [0.2, 0.25) is 5.91 Å². The van der Waals surface area contributed by atoms with Crippen LogP contribution >= 0.6 is 11.6 Å². The second-order valence-corrected chi connectivity index (χ2v) is 5.30. The summed E-state index contributed by atoms with van der Waals surface area (Å²) in [6.07, 6.45) is 0.318. The highest BCUT2D eigenvalue weighted by atomic mass is 35.5. The first-order chi connectivity index (χ1) is 9.45. The number of nitrogen functional groups attached to an aromatic ring is 1. The summed E-state index contributed by atoms with van der Waals surface area (Å²) in [6.45, 7) is 4.01. The Morgan fingerprint density at radius 2 is 1.95 bits per heavy atom. The first kappa shape index (κ1) is 14.4. The van der Waals surface area contributed by atoms with Crippen LogP contribution in [0.4, 0.5) is 11.4 Å². The van der Waals surface area contributed by atoms with Crippen LogP contribution in [-0.4, -0.2) is 5.91 Å². The van der Waals surface area contributed by atoms with Gasteiger partial charge in [-0.15, -0.1) is 0 Å². The van der Waals surface area contributed by atoms with Crippen molar-refractivity contribution < 1.29 is 4.79 Å². The molecule has 2 aromatic rings. The van der Waals surface area contributed by atoms with Crippen LogP contribution in [0.3, 0.4) is 0 Å². The highest BCUT2D eigenvalue weighted by molar-refractivity contribution is 6.33. The molecule has 0 unspecified atom stereocenters. The summed E-state index contributed by atoms with van der Waals surface area (Å²) in [7, 11) is 0. The largest absolute Gasteiger partial charge is 0.399 e. The molecule has 1 amide bonds. The quantitative estimate of drug-likeness (QED) is 0.846. The normalized spacial score (nSPS) is 10.3. The van der Waals surface area contributed by atoms with Crippen LogP contribution in [0.25, 0.3) is 0 Å². The Labute approximate surface area is 123 Å². The number of carbonyl (C=O) groups is 1. The number of hydrogen-bond acceptors (Lipinski definition) is 2. The van der Waals surface area contributed by atoms with Crippen LogP contribution in [0, 0.1) is 13.8 Å². The molecule has 0 atom stereocenters. The van der Waals surface area contributed by atoms with E-state index in [1.54, 1.807) is 18.2 Å². The van der Waals surface area contributed by atoms with Crippen molar-refractivity contribution in [1.82, 2.24) is 0 Å².